The molecule has 1 aromatic rings. The molecule has 0 heterocycles. The van der Waals surface area contributed by atoms with Gasteiger partial charge in [0.2, 0.25) is 0 Å². The van der Waals surface area contributed by atoms with Crippen LogP contribution in [0.15, 0.2) is 18.2 Å². The average molecular weight is 247 g/mol. The lowest BCUT2D eigenvalue weighted by molar-refractivity contribution is 0.0946. The van der Waals surface area contributed by atoms with Crippen molar-refractivity contribution in [2.75, 3.05) is 7.11 Å². The molecule has 1 aliphatic carbocycles. The van der Waals surface area contributed by atoms with E-state index in [4.69, 9.17) is 10.5 Å². The fourth-order valence-corrected chi connectivity index (χ4v) is 1.98. The van der Waals surface area contributed by atoms with Gasteiger partial charge in [0.05, 0.1) is 18.2 Å². The van der Waals surface area contributed by atoms with Crippen LogP contribution in [0.4, 0.5) is 0 Å². The quantitative estimate of drug-likeness (QED) is 0.835. The molecule has 1 aromatic carbocycles. The molecule has 0 atom stereocenters. The van der Waals surface area contributed by atoms with Crippen LogP contribution in [0.25, 0.3) is 0 Å². The maximum absolute atomic E-state index is 12.4. The minimum atomic E-state index is -0.649. The van der Waals surface area contributed by atoms with Crippen LogP contribution in [-0.2, 0) is 5.41 Å². The van der Waals surface area contributed by atoms with E-state index in [-0.39, 0.29) is 11.2 Å². The maximum Gasteiger partial charge on any atom is 0.186 e. The number of carbonyl (C=O) groups is 1. The van der Waals surface area contributed by atoms with Gasteiger partial charge in [0.15, 0.2) is 5.78 Å². The summed E-state index contributed by atoms with van der Waals surface area (Å²) in [4.78, 5) is 12.4. The van der Waals surface area contributed by atoms with Crippen molar-refractivity contribution in [1.82, 2.24) is 0 Å². The van der Waals surface area contributed by atoms with Gasteiger partial charge in [-0.05, 0) is 36.0 Å². The molecule has 98 valence electrons. The van der Waals surface area contributed by atoms with Crippen LogP contribution in [0.5, 0.6) is 5.75 Å². The molecule has 2 rings (SSSR count). The van der Waals surface area contributed by atoms with Crippen molar-refractivity contribution in [2.45, 2.75) is 44.6 Å². The second-order valence-electron chi connectivity index (χ2n) is 6.15. The third kappa shape index (κ3) is 2.27. The van der Waals surface area contributed by atoms with Gasteiger partial charge in [-0.15, -0.1) is 0 Å². The smallest absolute Gasteiger partial charge is 0.186 e. The maximum atomic E-state index is 12.4. The molecule has 18 heavy (non-hydrogen) atoms. The second kappa shape index (κ2) is 4.09. The van der Waals surface area contributed by atoms with Crippen LogP contribution in [-0.4, -0.2) is 18.4 Å². The molecule has 3 nitrogen and oxygen atoms in total. The molecule has 0 amide bonds. The van der Waals surface area contributed by atoms with Gasteiger partial charge in [0.1, 0.15) is 5.75 Å². The van der Waals surface area contributed by atoms with Gasteiger partial charge in [-0.25, -0.2) is 0 Å². The molecule has 0 aliphatic heterocycles. The first-order valence-corrected chi connectivity index (χ1v) is 6.30. The zero-order valence-corrected chi connectivity index (χ0v) is 11.5. The normalized spacial score (nSPS) is 17.4. The van der Waals surface area contributed by atoms with Crippen molar-refractivity contribution >= 4 is 5.78 Å². The molecular formula is C15H21NO2. The van der Waals surface area contributed by atoms with Crippen molar-refractivity contribution in [3.63, 3.8) is 0 Å². The summed E-state index contributed by atoms with van der Waals surface area (Å²) in [6.45, 7) is 6.37. The first kappa shape index (κ1) is 13.1. The first-order valence-electron chi connectivity index (χ1n) is 6.30. The van der Waals surface area contributed by atoms with E-state index in [0.717, 1.165) is 18.4 Å². The third-order valence-electron chi connectivity index (χ3n) is 3.55. The highest BCUT2D eigenvalue weighted by atomic mass is 16.5. The van der Waals surface area contributed by atoms with E-state index in [2.05, 4.69) is 20.8 Å². The Hall–Kier alpha value is -1.35. The standard InChI is InChI=1S/C15H21NO2/c1-14(2,3)10-5-6-12(18-4)11(9-10)13(17)15(16)7-8-15/h5-6,9H,7-8,16H2,1-4H3. The highest BCUT2D eigenvalue weighted by Gasteiger charge is 2.47. The summed E-state index contributed by atoms with van der Waals surface area (Å²) in [5, 5.41) is 0. The Morgan fingerprint density at radius 1 is 1.33 bits per heavy atom. The van der Waals surface area contributed by atoms with Crippen LogP contribution in [0, 0.1) is 0 Å². The summed E-state index contributed by atoms with van der Waals surface area (Å²) in [5.74, 6) is 0.621. The van der Waals surface area contributed by atoms with Gasteiger partial charge in [-0.1, -0.05) is 26.8 Å². The van der Waals surface area contributed by atoms with Crippen molar-refractivity contribution in [3.8, 4) is 5.75 Å². The van der Waals surface area contributed by atoms with Crippen LogP contribution < -0.4 is 10.5 Å². The lowest BCUT2D eigenvalue weighted by atomic mass is 9.85. The topological polar surface area (TPSA) is 52.3 Å². The highest BCUT2D eigenvalue weighted by Crippen LogP contribution is 2.38. The second-order valence-corrected chi connectivity index (χ2v) is 6.15. The summed E-state index contributed by atoms with van der Waals surface area (Å²) in [5.41, 5.74) is 7.09. The number of nitrogens with two attached hydrogens (primary N) is 1. The Morgan fingerprint density at radius 2 is 1.94 bits per heavy atom. The molecule has 3 heteroatoms. The predicted molar refractivity (Wildman–Crippen MR) is 72.2 cm³/mol. The number of hydrogen-bond donors (Lipinski definition) is 1. The van der Waals surface area contributed by atoms with Gasteiger partial charge in [-0.3, -0.25) is 4.79 Å². The molecule has 1 saturated carbocycles. The largest absolute Gasteiger partial charge is 0.496 e. The number of Topliss-reactive ketones (excluding diaryl/α,β-unsaturated/α-hetero) is 1. The van der Waals surface area contributed by atoms with E-state index in [9.17, 15) is 4.79 Å². The number of ether oxygens (including phenoxy) is 1. The Balaban J connectivity index is 2.46. The summed E-state index contributed by atoms with van der Waals surface area (Å²) in [6.07, 6.45) is 1.55. The Bertz CT molecular complexity index is 482. The van der Waals surface area contributed by atoms with Crippen LogP contribution in [0.2, 0.25) is 0 Å². The number of hydrogen-bond acceptors (Lipinski definition) is 3. The summed E-state index contributed by atoms with van der Waals surface area (Å²) in [6, 6.07) is 5.79. The molecule has 1 fully saturated rings. The summed E-state index contributed by atoms with van der Waals surface area (Å²) < 4.78 is 5.28. The molecule has 0 bridgehead atoms. The molecule has 0 aromatic heterocycles. The number of benzene rings is 1. The molecular weight excluding hydrogens is 226 g/mol. The number of carbonyl (C=O) groups excluding carboxylic acids is 1. The highest BCUT2D eigenvalue weighted by molar-refractivity contribution is 6.07. The zero-order chi connectivity index (χ0) is 13.6. The van der Waals surface area contributed by atoms with Crippen molar-refractivity contribution in [3.05, 3.63) is 29.3 Å². The first-order chi connectivity index (χ1) is 8.28. The lowest BCUT2D eigenvalue weighted by Gasteiger charge is -2.21. The fourth-order valence-electron chi connectivity index (χ4n) is 1.98. The predicted octanol–water partition coefficient (Wildman–Crippen LogP) is 2.67. The molecule has 0 spiro atoms. The van der Waals surface area contributed by atoms with E-state index in [1.54, 1.807) is 7.11 Å². The van der Waals surface area contributed by atoms with E-state index >= 15 is 0 Å². The van der Waals surface area contributed by atoms with Gasteiger partial charge >= 0.3 is 0 Å². The molecule has 2 N–H and O–H groups in total. The van der Waals surface area contributed by atoms with E-state index in [1.807, 2.05) is 18.2 Å². The summed E-state index contributed by atoms with van der Waals surface area (Å²) in [7, 11) is 1.58. The van der Waals surface area contributed by atoms with Gasteiger partial charge in [0, 0.05) is 0 Å². The van der Waals surface area contributed by atoms with E-state index < -0.39 is 5.54 Å². The SMILES string of the molecule is COc1ccc(C(C)(C)C)cc1C(=O)C1(N)CC1. The summed E-state index contributed by atoms with van der Waals surface area (Å²) >= 11 is 0. The van der Waals surface area contributed by atoms with Crippen molar-refractivity contribution < 1.29 is 9.53 Å². The molecule has 0 saturated heterocycles. The monoisotopic (exact) mass is 247 g/mol. The third-order valence-corrected chi connectivity index (χ3v) is 3.55. The molecule has 1 aliphatic rings. The van der Waals surface area contributed by atoms with E-state index in [1.165, 1.54) is 0 Å². The number of methoxy groups -OCH3 is 1. The Morgan fingerprint density at radius 3 is 2.39 bits per heavy atom. The van der Waals surface area contributed by atoms with Crippen molar-refractivity contribution in [1.29, 1.82) is 0 Å². The van der Waals surface area contributed by atoms with Crippen molar-refractivity contribution in [2.24, 2.45) is 5.73 Å². The number of ketones is 1. The zero-order valence-electron chi connectivity index (χ0n) is 11.5. The van der Waals surface area contributed by atoms with Crippen LogP contribution in [0.3, 0.4) is 0 Å². The Labute approximate surface area is 108 Å². The minimum Gasteiger partial charge on any atom is -0.496 e. The average Bonchev–Trinajstić information content (AvgIpc) is 3.05. The van der Waals surface area contributed by atoms with Crippen LogP contribution in [0.1, 0.15) is 49.5 Å². The lowest BCUT2D eigenvalue weighted by Crippen LogP contribution is -2.33. The molecule has 0 unspecified atom stereocenters. The molecule has 0 radical (unpaired) electrons. The van der Waals surface area contributed by atoms with Gasteiger partial charge in [0.25, 0.3) is 0 Å². The minimum absolute atomic E-state index is 0.00505. The Kier molecular flexibility index (Phi) is 2.98. The number of rotatable bonds is 3. The van der Waals surface area contributed by atoms with Crippen LogP contribution >= 0.6 is 0 Å². The van der Waals surface area contributed by atoms with Gasteiger partial charge in [-0.2, -0.15) is 0 Å². The fraction of sp³-hybridized carbons (Fsp3) is 0.533. The van der Waals surface area contributed by atoms with Gasteiger partial charge < -0.3 is 10.5 Å². The van der Waals surface area contributed by atoms with E-state index in [0.29, 0.717) is 11.3 Å².